The van der Waals surface area contributed by atoms with E-state index in [9.17, 15) is 0 Å². The van der Waals surface area contributed by atoms with Crippen molar-refractivity contribution >= 4 is 5.69 Å². The van der Waals surface area contributed by atoms with Crippen molar-refractivity contribution in [1.82, 2.24) is 0 Å². The van der Waals surface area contributed by atoms with Crippen molar-refractivity contribution in [2.75, 3.05) is 4.90 Å². The van der Waals surface area contributed by atoms with Gasteiger partial charge in [0.2, 0.25) is 0 Å². The molecule has 0 heterocycles. The quantitative estimate of drug-likeness (QED) is 0.194. The Hall–Kier alpha value is -5.14. The summed E-state index contributed by atoms with van der Waals surface area (Å²) in [5, 5.41) is 0. The molecule has 0 saturated carbocycles. The molecular weight excluding hydrogens is 518 g/mol. The number of hydrogen-bond donors (Lipinski definition) is 0. The number of allylic oxidation sites excluding steroid dienone is 7. The molecule has 1 atom stereocenters. The SMILES string of the molecule is C1=CCCC(N(C2=CCC(c3ccccc3)C=C2)c2ccc(-c3cccc(-c4ccccc4)c3)c(-c3ccccc3)c2)=C1. The first-order valence-corrected chi connectivity index (χ1v) is 15.3. The molecule has 208 valence electrons. The second-order valence-corrected chi connectivity index (χ2v) is 11.2. The normalized spacial score (nSPS) is 16.0. The summed E-state index contributed by atoms with van der Waals surface area (Å²) in [6, 6.07) is 48.2. The van der Waals surface area contributed by atoms with Crippen LogP contribution in [0.3, 0.4) is 0 Å². The molecule has 0 spiro atoms. The first-order valence-electron chi connectivity index (χ1n) is 15.3. The molecule has 5 aromatic rings. The zero-order chi connectivity index (χ0) is 28.8. The summed E-state index contributed by atoms with van der Waals surface area (Å²) in [5.41, 5.74) is 12.5. The van der Waals surface area contributed by atoms with Crippen LogP contribution in [0.2, 0.25) is 0 Å². The van der Waals surface area contributed by atoms with Crippen molar-refractivity contribution < 1.29 is 0 Å². The van der Waals surface area contributed by atoms with Crippen molar-refractivity contribution in [3.05, 3.63) is 187 Å². The molecule has 2 aliphatic carbocycles. The molecule has 0 aliphatic heterocycles. The molecule has 0 saturated heterocycles. The third kappa shape index (κ3) is 5.80. The van der Waals surface area contributed by atoms with Gasteiger partial charge in [0.15, 0.2) is 0 Å². The Bertz CT molecular complexity index is 1820. The number of nitrogens with zero attached hydrogens (tertiary/aromatic N) is 1. The Labute approximate surface area is 255 Å². The van der Waals surface area contributed by atoms with E-state index in [1.165, 1.54) is 56.0 Å². The summed E-state index contributed by atoms with van der Waals surface area (Å²) < 4.78 is 0. The first kappa shape index (κ1) is 26.7. The molecule has 43 heavy (non-hydrogen) atoms. The van der Waals surface area contributed by atoms with Crippen molar-refractivity contribution in [2.45, 2.75) is 25.2 Å². The summed E-state index contributed by atoms with van der Waals surface area (Å²) in [6.45, 7) is 0. The van der Waals surface area contributed by atoms with Crippen molar-refractivity contribution in [3.8, 4) is 33.4 Å². The molecule has 7 rings (SSSR count). The van der Waals surface area contributed by atoms with E-state index in [2.05, 4.69) is 175 Å². The lowest BCUT2D eigenvalue weighted by molar-refractivity contribution is 0.826. The molecule has 0 amide bonds. The molecule has 0 aromatic heterocycles. The molecule has 0 N–H and O–H groups in total. The average molecular weight is 554 g/mol. The van der Waals surface area contributed by atoms with E-state index in [1.54, 1.807) is 0 Å². The largest absolute Gasteiger partial charge is 0.315 e. The van der Waals surface area contributed by atoms with Crippen molar-refractivity contribution in [1.29, 1.82) is 0 Å². The minimum absolute atomic E-state index is 0.408. The molecule has 1 heteroatoms. The monoisotopic (exact) mass is 553 g/mol. The smallest absolute Gasteiger partial charge is 0.0464 e. The van der Waals surface area contributed by atoms with Crippen LogP contribution in [0.15, 0.2) is 181 Å². The fourth-order valence-corrected chi connectivity index (χ4v) is 6.26. The van der Waals surface area contributed by atoms with Gasteiger partial charge in [0.25, 0.3) is 0 Å². The third-order valence-electron chi connectivity index (χ3n) is 8.47. The maximum atomic E-state index is 2.47. The Morgan fingerprint density at radius 3 is 1.98 bits per heavy atom. The lowest BCUT2D eigenvalue weighted by atomic mass is 9.90. The van der Waals surface area contributed by atoms with Gasteiger partial charge in [-0.15, -0.1) is 0 Å². The number of anilines is 1. The van der Waals surface area contributed by atoms with Crippen molar-refractivity contribution in [3.63, 3.8) is 0 Å². The van der Waals surface area contributed by atoms with E-state index < -0.39 is 0 Å². The lowest BCUT2D eigenvalue weighted by Crippen LogP contribution is -2.23. The summed E-state index contributed by atoms with van der Waals surface area (Å²) in [4.78, 5) is 2.47. The van der Waals surface area contributed by atoms with Gasteiger partial charge in [0.05, 0.1) is 0 Å². The number of rotatable bonds is 7. The van der Waals surface area contributed by atoms with Crippen LogP contribution < -0.4 is 4.90 Å². The maximum Gasteiger partial charge on any atom is 0.0464 e. The highest BCUT2D eigenvalue weighted by Crippen LogP contribution is 2.40. The Kier molecular flexibility index (Phi) is 7.70. The summed E-state index contributed by atoms with van der Waals surface area (Å²) in [5.74, 6) is 0.408. The van der Waals surface area contributed by atoms with E-state index in [1.807, 2.05) is 0 Å². The Morgan fingerprint density at radius 1 is 0.581 bits per heavy atom. The highest BCUT2D eigenvalue weighted by Gasteiger charge is 2.21. The van der Waals surface area contributed by atoms with Crippen LogP contribution in [0.25, 0.3) is 33.4 Å². The molecular formula is C42H35N. The van der Waals surface area contributed by atoms with Gasteiger partial charge in [0.1, 0.15) is 0 Å². The third-order valence-corrected chi connectivity index (χ3v) is 8.47. The van der Waals surface area contributed by atoms with Crippen LogP contribution in [-0.2, 0) is 0 Å². The molecule has 2 aliphatic rings. The zero-order valence-corrected chi connectivity index (χ0v) is 24.3. The molecule has 5 aromatic carbocycles. The molecule has 0 radical (unpaired) electrons. The summed E-state index contributed by atoms with van der Waals surface area (Å²) in [7, 11) is 0. The van der Waals surface area contributed by atoms with Crippen molar-refractivity contribution in [2.24, 2.45) is 0 Å². The van der Waals surface area contributed by atoms with Gasteiger partial charge < -0.3 is 4.90 Å². The van der Waals surface area contributed by atoms with Crippen LogP contribution in [-0.4, -0.2) is 0 Å². The van der Waals surface area contributed by atoms with Gasteiger partial charge in [-0.2, -0.15) is 0 Å². The summed E-state index contributed by atoms with van der Waals surface area (Å²) in [6.07, 6.45) is 16.9. The predicted octanol–water partition coefficient (Wildman–Crippen LogP) is 11.4. The van der Waals surface area contributed by atoms with E-state index in [-0.39, 0.29) is 0 Å². The van der Waals surface area contributed by atoms with Crippen LogP contribution in [0.1, 0.15) is 30.7 Å². The van der Waals surface area contributed by atoms with Crippen LogP contribution in [0, 0.1) is 0 Å². The predicted molar refractivity (Wildman–Crippen MR) is 183 cm³/mol. The van der Waals surface area contributed by atoms with E-state index >= 15 is 0 Å². The van der Waals surface area contributed by atoms with E-state index in [0.29, 0.717) is 5.92 Å². The topological polar surface area (TPSA) is 3.24 Å². The van der Waals surface area contributed by atoms with Gasteiger partial charge in [-0.1, -0.05) is 140 Å². The Morgan fingerprint density at radius 2 is 1.28 bits per heavy atom. The van der Waals surface area contributed by atoms with Gasteiger partial charge in [-0.25, -0.2) is 0 Å². The fourth-order valence-electron chi connectivity index (χ4n) is 6.26. The van der Waals surface area contributed by atoms with Gasteiger partial charge in [0, 0.05) is 23.0 Å². The minimum atomic E-state index is 0.408. The van der Waals surface area contributed by atoms with Crippen LogP contribution in [0.4, 0.5) is 5.69 Å². The molecule has 0 bridgehead atoms. The standard InChI is InChI=1S/C42H35N/c1-5-14-32(15-6-1)34-24-26-39(27-25-34)43(38-22-11-4-12-23-38)40-28-29-41(42(31-40)35-18-9-3-10-19-35)37-21-13-20-36(30-37)33-16-7-2-8-17-33/h1-11,13-22,24,26-31,34H,12,23,25H2. The Balaban J connectivity index is 1.32. The van der Waals surface area contributed by atoms with Gasteiger partial charge >= 0.3 is 0 Å². The number of hydrogen-bond acceptors (Lipinski definition) is 1. The summed E-state index contributed by atoms with van der Waals surface area (Å²) >= 11 is 0. The minimum Gasteiger partial charge on any atom is -0.315 e. The molecule has 0 fully saturated rings. The maximum absolute atomic E-state index is 2.47. The zero-order valence-electron chi connectivity index (χ0n) is 24.3. The number of benzene rings is 5. The highest BCUT2D eigenvalue weighted by atomic mass is 15.2. The van der Waals surface area contributed by atoms with E-state index in [4.69, 9.17) is 0 Å². The molecule has 1 unspecified atom stereocenters. The van der Waals surface area contributed by atoms with Crippen LogP contribution in [0.5, 0.6) is 0 Å². The fraction of sp³-hybridized carbons (Fsp3) is 0.0952. The highest BCUT2D eigenvalue weighted by molar-refractivity contribution is 5.88. The van der Waals surface area contributed by atoms with Crippen LogP contribution >= 0.6 is 0 Å². The second-order valence-electron chi connectivity index (χ2n) is 11.2. The van der Waals surface area contributed by atoms with Gasteiger partial charge in [-0.3, -0.25) is 0 Å². The second kappa shape index (κ2) is 12.4. The first-order chi connectivity index (χ1) is 21.3. The van der Waals surface area contributed by atoms with Gasteiger partial charge in [-0.05, 0) is 88.6 Å². The van der Waals surface area contributed by atoms with E-state index in [0.717, 1.165) is 19.3 Å². The molecule has 1 nitrogen and oxygen atoms in total. The lowest BCUT2D eigenvalue weighted by Gasteiger charge is -2.32. The average Bonchev–Trinajstić information content (AvgIpc) is 3.10.